The molecule has 0 aromatic rings. The topological polar surface area (TPSA) is 38.4 Å². The van der Waals surface area contributed by atoms with E-state index in [0.29, 0.717) is 12.0 Å². The van der Waals surface area contributed by atoms with Crippen LogP contribution in [0, 0.1) is 11.8 Å². The van der Waals surface area contributed by atoms with Gasteiger partial charge >= 0.3 is 0 Å². The lowest BCUT2D eigenvalue weighted by atomic mass is 10.2. The molecule has 0 aromatic carbocycles. The molecule has 0 saturated heterocycles. The fourth-order valence-corrected chi connectivity index (χ4v) is 1.40. The first-order chi connectivity index (χ1) is 5.27. The molecule has 0 heterocycles. The van der Waals surface area contributed by atoms with Crippen molar-refractivity contribution in [3.63, 3.8) is 0 Å². The third kappa shape index (κ3) is 1.73. The van der Waals surface area contributed by atoms with Crippen LogP contribution in [-0.2, 0) is 0 Å². The maximum absolute atomic E-state index is 5.80. The van der Waals surface area contributed by atoms with E-state index in [0.717, 1.165) is 11.8 Å². The van der Waals surface area contributed by atoms with Crippen molar-refractivity contribution in [2.75, 3.05) is 0 Å². The minimum Gasteiger partial charge on any atom is -0.387 e. The monoisotopic (exact) mass is 152 g/mol. The van der Waals surface area contributed by atoms with Crippen LogP contribution in [0.5, 0.6) is 0 Å². The summed E-state index contributed by atoms with van der Waals surface area (Å²) in [5.74, 6) is 2.42. The van der Waals surface area contributed by atoms with Crippen molar-refractivity contribution in [2.24, 2.45) is 22.6 Å². The van der Waals surface area contributed by atoms with Crippen LogP contribution < -0.4 is 5.73 Å². The van der Waals surface area contributed by atoms with Gasteiger partial charge in [0.1, 0.15) is 0 Å². The second-order valence-corrected chi connectivity index (χ2v) is 3.91. The Hall–Kier alpha value is -0.530. The summed E-state index contributed by atoms with van der Waals surface area (Å²) < 4.78 is 0. The summed E-state index contributed by atoms with van der Waals surface area (Å²) in [4.78, 5) is 4.50. The molecule has 0 spiro atoms. The number of nitrogens with zero attached hydrogens (tertiary/aromatic N) is 1. The SMILES string of the molecule is CC(N=C(N)C1CC1)C1CC1. The van der Waals surface area contributed by atoms with E-state index in [-0.39, 0.29) is 0 Å². The van der Waals surface area contributed by atoms with Crippen LogP contribution in [0.1, 0.15) is 32.6 Å². The van der Waals surface area contributed by atoms with E-state index < -0.39 is 0 Å². The van der Waals surface area contributed by atoms with Crippen molar-refractivity contribution in [2.45, 2.75) is 38.6 Å². The van der Waals surface area contributed by atoms with Crippen molar-refractivity contribution in [3.05, 3.63) is 0 Å². The summed E-state index contributed by atoms with van der Waals surface area (Å²) in [6.07, 6.45) is 5.27. The fraction of sp³-hybridized carbons (Fsp3) is 0.889. The molecule has 0 bridgehead atoms. The summed E-state index contributed by atoms with van der Waals surface area (Å²) in [7, 11) is 0. The van der Waals surface area contributed by atoms with Crippen molar-refractivity contribution >= 4 is 5.84 Å². The third-order valence-electron chi connectivity index (χ3n) is 2.65. The Balaban J connectivity index is 1.88. The second-order valence-electron chi connectivity index (χ2n) is 3.91. The molecule has 2 fully saturated rings. The summed E-state index contributed by atoms with van der Waals surface area (Å²) in [5.41, 5.74) is 5.80. The van der Waals surface area contributed by atoms with E-state index in [1.807, 2.05) is 0 Å². The van der Waals surface area contributed by atoms with E-state index in [9.17, 15) is 0 Å². The first-order valence-electron chi connectivity index (χ1n) is 4.60. The van der Waals surface area contributed by atoms with Gasteiger partial charge in [0, 0.05) is 5.92 Å². The molecule has 62 valence electrons. The van der Waals surface area contributed by atoms with Crippen molar-refractivity contribution in [1.82, 2.24) is 0 Å². The van der Waals surface area contributed by atoms with Gasteiger partial charge in [0.2, 0.25) is 0 Å². The number of rotatable bonds is 3. The number of hydrogen-bond acceptors (Lipinski definition) is 1. The zero-order valence-corrected chi connectivity index (χ0v) is 7.09. The second kappa shape index (κ2) is 2.50. The van der Waals surface area contributed by atoms with E-state index in [1.165, 1.54) is 25.7 Å². The van der Waals surface area contributed by atoms with E-state index in [4.69, 9.17) is 5.73 Å². The molecule has 0 amide bonds. The number of hydrogen-bond donors (Lipinski definition) is 1. The highest BCUT2D eigenvalue weighted by molar-refractivity contribution is 5.85. The number of aliphatic imine (C=N–C) groups is 1. The van der Waals surface area contributed by atoms with Gasteiger partial charge in [-0.15, -0.1) is 0 Å². The minimum absolute atomic E-state index is 0.496. The van der Waals surface area contributed by atoms with Crippen LogP contribution in [-0.4, -0.2) is 11.9 Å². The van der Waals surface area contributed by atoms with Crippen LogP contribution in [0.25, 0.3) is 0 Å². The molecule has 2 aliphatic rings. The van der Waals surface area contributed by atoms with Crippen molar-refractivity contribution in [1.29, 1.82) is 0 Å². The molecule has 11 heavy (non-hydrogen) atoms. The largest absolute Gasteiger partial charge is 0.387 e. The minimum atomic E-state index is 0.496. The molecule has 2 N–H and O–H groups in total. The quantitative estimate of drug-likeness (QED) is 0.483. The predicted octanol–water partition coefficient (Wildman–Crippen LogP) is 1.55. The first kappa shape index (κ1) is 7.14. The van der Waals surface area contributed by atoms with Gasteiger partial charge in [-0.2, -0.15) is 0 Å². The maximum Gasteiger partial charge on any atom is 0.0971 e. The summed E-state index contributed by atoms with van der Waals surface area (Å²) in [5, 5.41) is 0. The fourth-order valence-electron chi connectivity index (χ4n) is 1.40. The molecule has 2 rings (SSSR count). The zero-order valence-electron chi connectivity index (χ0n) is 7.09. The molecular formula is C9H16N2. The van der Waals surface area contributed by atoms with E-state index in [2.05, 4.69) is 11.9 Å². The van der Waals surface area contributed by atoms with Crippen LogP contribution in [0.4, 0.5) is 0 Å². The smallest absolute Gasteiger partial charge is 0.0971 e. The molecule has 0 radical (unpaired) electrons. The molecule has 0 aromatic heterocycles. The van der Waals surface area contributed by atoms with E-state index >= 15 is 0 Å². The predicted molar refractivity (Wildman–Crippen MR) is 46.5 cm³/mol. The Morgan fingerprint density at radius 2 is 2.00 bits per heavy atom. The number of nitrogens with two attached hydrogens (primary N) is 1. The normalized spacial score (nSPS) is 28.6. The van der Waals surface area contributed by atoms with Crippen LogP contribution >= 0.6 is 0 Å². The summed E-state index contributed by atoms with van der Waals surface area (Å²) >= 11 is 0. The summed E-state index contributed by atoms with van der Waals surface area (Å²) in [6.45, 7) is 2.19. The van der Waals surface area contributed by atoms with Gasteiger partial charge in [-0.25, -0.2) is 0 Å². The van der Waals surface area contributed by atoms with Crippen LogP contribution in [0.3, 0.4) is 0 Å². The number of amidine groups is 1. The molecule has 2 nitrogen and oxygen atoms in total. The zero-order chi connectivity index (χ0) is 7.84. The molecule has 0 aliphatic heterocycles. The highest BCUT2D eigenvalue weighted by atomic mass is 14.9. The molecule has 2 aliphatic carbocycles. The standard InChI is InChI=1S/C9H16N2/c1-6(7-2-3-7)11-9(10)8-4-5-8/h6-8H,2-5H2,1H3,(H2,10,11). The van der Waals surface area contributed by atoms with Gasteiger partial charge in [0.15, 0.2) is 0 Å². The van der Waals surface area contributed by atoms with Crippen molar-refractivity contribution < 1.29 is 0 Å². The molecule has 2 heteroatoms. The molecule has 1 atom stereocenters. The Morgan fingerprint density at radius 1 is 1.36 bits per heavy atom. The van der Waals surface area contributed by atoms with Gasteiger partial charge in [0.05, 0.1) is 11.9 Å². The lowest BCUT2D eigenvalue weighted by Crippen LogP contribution is -2.18. The average Bonchev–Trinajstić information content (AvgIpc) is 2.84. The first-order valence-corrected chi connectivity index (χ1v) is 4.60. The average molecular weight is 152 g/mol. The Labute approximate surface area is 67.9 Å². The van der Waals surface area contributed by atoms with Gasteiger partial charge in [-0.05, 0) is 38.5 Å². The lowest BCUT2D eigenvalue weighted by Gasteiger charge is -2.04. The van der Waals surface area contributed by atoms with Crippen LogP contribution in [0.2, 0.25) is 0 Å². The Bertz CT molecular complexity index is 178. The highest BCUT2D eigenvalue weighted by Crippen LogP contribution is 2.35. The van der Waals surface area contributed by atoms with Gasteiger partial charge in [-0.3, -0.25) is 4.99 Å². The summed E-state index contributed by atoms with van der Waals surface area (Å²) in [6, 6.07) is 0.496. The Kier molecular flexibility index (Phi) is 1.63. The lowest BCUT2D eigenvalue weighted by molar-refractivity contribution is 0.648. The van der Waals surface area contributed by atoms with Crippen LogP contribution in [0.15, 0.2) is 4.99 Å². The van der Waals surface area contributed by atoms with Gasteiger partial charge in [0.25, 0.3) is 0 Å². The molecular weight excluding hydrogens is 136 g/mol. The highest BCUT2D eigenvalue weighted by Gasteiger charge is 2.30. The van der Waals surface area contributed by atoms with E-state index in [1.54, 1.807) is 0 Å². The van der Waals surface area contributed by atoms with Crippen molar-refractivity contribution in [3.8, 4) is 0 Å². The van der Waals surface area contributed by atoms with Gasteiger partial charge < -0.3 is 5.73 Å². The Morgan fingerprint density at radius 3 is 2.45 bits per heavy atom. The maximum atomic E-state index is 5.80. The molecule has 1 unspecified atom stereocenters. The molecule has 2 saturated carbocycles. The third-order valence-corrected chi connectivity index (χ3v) is 2.65. The van der Waals surface area contributed by atoms with Gasteiger partial charge in [-0.1, -0.05) is 0 Å².